The summed E-state index contributed by atoms with van der Waals surface area (Å²) in [5.74, 6) is -0.998. The van der Waals surface area contributed by atoms with Gasteiger partial charge in [0.2, 0.25) is 0 Å². The molecule has 2 aromatic rings. The van der Waals surface area contributed by atoms with Gasteiger partial charge in [0, 0.05) is 11.3 Å². The molecular formula is C11H9FN2O2S2. The van der Waals surface area contributed by atoms with Gasteiger partial charge in [0.05, 0.1) is 5.56 Å². The number of carboxylic acids is 1. The molecule has 1 aromatic heterocycles. The Kier molecular flexibility index (Phi) is 3.93. The summed E-state index contributed by atoms with van der Waals surface area (Å²) in [6.45, 7) is 1.94. The van der Waals surface area contributed by atoms with Gasteiger partial charge in [-0.05, 0) is 29.7 Å². The number of aromatic carboxylic acids is 1. The second-order valence-corrected chi connectivity index (χ2v) is 5.42. The van der Waals surface area contributed by atoms with Crippen molar-refractivity contribution in [1.82, 2.24) is 9.36 Å². The highest BCUT2D eigenvalue weighted by Crippen LogP contribution is 2.32. The molecular weight excluding hydrogens is 275 g/mol. The van der Waals surface area contributed by atoms with Crippen LogP contribution in [0, 0.1) is 5.82 Å². The molecule has 1 aromatic carbocycles. The lowest BCUT2D eigenvalue weighted by Gasteiger charge is -2.02. The number of hydrogen-bond donors (Lipinski definition) is 1. The number of rotatable bonds is 4. The van der Waals surface area contributed by atoms with E-state index < -0.39 is 11.8 Å². The molecule has 0 saturated heterocycles. The highest BCUT2D eigenvalue weighted by molar-refractivity contribution is 8.01. The summed E-state index contributed by atoms with van der Waals surface area (Å²) in [6, 6.07) is 3.68. The minimum atomic E-state index is -1.16. The van der Waals surface area contributed by atoms with Crippen molar-refractivity contribution in [3.63, 3.8) is 0 Å². The predicted octanol–water partition coefficient (Wildman–Crippen LogP) is 3.09. The van der Waals surface area contributed by atoms with Crippen LogP contribution in [0.25, 0.3) is 0 Å². The number of hydrogen-bond acceptors (Lipinski definition) is 5. The Balaban J connectivity index is 2.30. The zero-order chi connectivity index (χ0) is 13.1. The van der Waals surface area contributed by atoms with Crippen LogP contribution < -0.4 is 0 Å². The minimum absolute atomic E-state index is 0.0618. The fourth-order valence-electron chi connectivity index (χ4n) is 1.28. The van der Waals surface area contributed by atoms with Gasteiger partial charge in [-0.3, -0.25) is 0 Å². The lowest BCUT2D eigenvalue weighted by Crippen LogP contribution is -1.99. The van der Waals surface area contributed by atoms with E-state index in [0.717, 1.165) is 18.3 Å². The molecule has 7 heteroatoms. The van der Waals surface area contributed by atoms with Crippen molar-refractivity contribution in [1.29, 1.82) is 0 Å². The fourth-order valence-corrected chi connectivity index (χ4v) is 3.04. The summed E-state index contributed by atoms with van der Waals surface area (Å²) in [5.41, 5.74) is -0.0618. The molecule has 0 aliphatic carbocycles. The molecule has 0 aliphatic heterocycles. The van der Waals surface area contributed by atoms with E-state index in [1.54, 1.807) is 0 Å². The average molecular weight is 284 g/mol. The maximum atomic E-state index is 13.0. The predicted molar refractivity (Wildman–Crippen MR) is 66.8 cm³/mol. The summed E-state index contributed by atoms with van der Waals surface area (Å²) in [6.07, 6.45) is 0.728. The minimum Gasteiger partial charge on any atom is -0.478 e. The molecule has 18 heavy (non-hydrogen) atoms. The van der Waals surface area contributed by atoms with E-state index in [9.17, 15) is 9.18 Å². The molecule has 0 amide bonds. The molecule has 1 N–H and O–H groups in total. The van der Waals surface area contributed by atoms with Gasteiger partial charge in [0.15, 0.2) is 4.34 Å². The van der Waals surface area contributed by atoms with Gasteiger partial charge in [0.1, 0.15) is 11.6 Å². The van der Waals surface area contributed by atoms with E-state index in [1.807, 2.05) is 6.92 Å². The molecule has 0 radical (unpaired) electrons. The molecule has 1 heterocycles. The van der Waals surface area contributed by atoms with Crippen LogP contribution in [-0.2, 0) is 6.42 Å². The Bertz CT molecular complexity index is 586. The van der Waals surface area contributed by atoms with Gasteiger partial charge in [-0.2, -0.15) is 4.37 Å². The van der Waals surface area contributed by atoms with E-state index in [1.165, 1.54) is 35.4 Å². The molecule has 2 rings (SSSR count). The van der Waals surface area contributed by atoms with Crippen LogP contribution in [0.4, 0.5) is 4.39 Å². The number of carboxylic acid groups (broad SMARTS) is 1. The molecule has 0 bridgehead atoms. The number of nitrogens with zero attached hydrogens (tertiary/aromatic N) is 2. The van der Waals surface area contributed by atoms with Gasteiger partial charge in [0.25, 0.3) is 0 Å². The monoisotopic (exact) mass is 284 g/mol. The third-order valence-corrected chi connectivity index (χ3v) is 4.00. The smallest absolute Gasteiger partial charge is 0.336 e. The SMILES string of the molecule is CCc1nsc(Sc2ccc(F)cc2C(=O)O)n1. The van der Waals surface area contributed by atoms with Crippen LogP contribution in [0.2, 0.25) is 0 Å². The van der Waals surface area contributed by atoms with Crippen molar-refractivity contribution in [2.24, 2.45) is 0 Å². The largest absolute Gasteiger partial charge is 0.478 e. The standard InChI is InChI=1S/C11H9FN2O2S2/c1-2-9-13-11(18-14-9)17-8-4-3-6(12)5-7(8)10(15)16/h3-5H,2H2,1H3,(H,15,16). The maximum absolute atomic E-state index is 13.0. The van der Waals surface area contributed by atoms with Crippen molar-refractivity contribution in [3.8, 4) is 0 Å². The molecule has 0 unspecified atom stereocenters. The third kappa shape index (κ3) is 2.85. The van der Waals surface area contributed by atoms with Gasteiger partial charge >= 0.3 is 5.97 Å². The van der Waals surface area contributed by atoms with Crippen LogP contribution in [0.15, 0.2) is 27.4 Å². The van der Waals surface area contributed by atoms with E-state index in [-0.39, 0.29) is 5.56 Å². The first kappa shape index (κ1) is 13.0. The molecule has 4 nitrogen and oxygen atoms in total. The Morgan fingerprint density at radius 3 is 2.94 bits per heavy atom. The fraction of sp³-hybridized carbons (Fsp3) is 0.182. The quantitative estimate of drug-likeness (QED) is 0.934. The molecule has 0 atom stereocenters. The van der Waals surface area contributed by atoms with Crippen LogP contribution in [0.1, 0.15) is 23.1 Å². The summed E-state index contributed by atoms with van der Waals surface area (Å²) in [4.78, 5) is 15.7. The van der Waals surface area contributed by atoms with Crippen molar-refractivity contribution in [3.05, 3.63) is 35.4 Å². The number of aromatic nitrogens is 2. The number of aryl methyl sites for hydroxylation is 1. The van der Waals surface area contributed by atoms with Crippen LogP contribution in [-0.4, -0.2) is 20.4 Å². The van der Waals surface area contributed by atoms with Gasteiger partial charge < -0.3 is 5.11 Å². The zero-order valence-corrected chi connectivity index (χ0v) is 11.0. The van der Waals surface area contributed by atoms with E-state index in [4.69, 9.17) is 5.11 Å². The Morgan fingerprint density at radius 2 is 2.33 bits per heavy atom. The van der Waals surface area contributed by atoms with Crippen molar-refractivity contribution < 1.29 is 14.3 Å². The number of carbonyl (C=O) groups is 1. The van der Waals surface area contributed by atoms with Gasteiger partial charge in [-0.15, -0.1) is 0 Å². The van der Waals surface area contributed by atoms with Crippen molar-refractivity contribution >= 4 is 29.3 Å². The first-order valence-electron chi connectivity index (χ1n) is 5.13. The lowest BCUT2D eigenvalue weighted by molar-refractivity contribution is 0.0692. The average Bonchev–Trinajstić information content (AvgIpc) is 2.79. The second-order valence-electron chi connectivity index (χ2n) is 3.38. The Morgan fingerprint density at radius 1 is 1.56 bits per heavy atom. The van der Waals surface area contributed by atoms with E-state index in [2.05, 4.69) is 9.36 Å². The first-order valence-corrected chi connectivity index (χ1v) is 6.72. The van der Waals surface area contributed by atoms with Crippen LogP contribution in [0.5, 0.6) is 0 Å². The lowest BCUT2D eigenvalue weighted by atomic mass is 10.2. The summed E-state index contributed by atoms with van der Waals surface area (Å²) in [5, 5.41) is 9.01. The maximum Gasteiger partial charge on any atom is 0.336 e. The van der Waals surface area contributed by atoms with Crippen molar-refractivity contribution in [2.45, 2.75) is 22.6 Å². The summed E-state index contributed by atoms with van der Waals surface area (Å²) >= 11 is 2.39. The zero-order valence-electron chi connectivity index (χ0n) is 9.38. The van der Waals surface area contributed by atoms with Crippen LogP contribution >= 0.6 is 23.3 Å². The first-order chi connectivity index (χ1) is 8.60. The number of benzene rings is 1. The summed E-state index contributed by atoms with van der Waals surface area (Å²) in [7, 11) is 0. The molecule has 0 spiro atoms. The highest BCUT2D eigenvalue weighted by Gasteiger charge is 2.14. The topological polar surface area (TPSA) is 63.1 Å². The molecule has 0 aliphatic rings. The Labute approximate surface area is 111 Å². The molecule has 0 fully saturated rings. The second kappa shape index (κ2) is 5.45. The summed E-state index contributed by atoms with van der Waals surface area (Å²) < 4.78 is 17.8. The highest BCUT2D eigenvalue weighted by atomic mass is 32.2. The van der Waals surface area contributed by atoms with Gasteiger partial charge in [-0.25, -0.2) is 14.2 Å². The van der Waals surface area contributed by atoms with E-state index >= 15 is 0 Å². The van der Waals surface area contributed by atoms with Crippen LogP contribution in [0.3, 0.4) is 0 Å². The molecule has 94 valence electrons. The normalized spacial score (nSPS) is 10.6. The number of halogens is 1. The Hall–Kier alpha value is -1.47. The van der Waals surface area contributed by atoms with E-state index in [0.29, 0.717) is 9.24 Å². The third-order valence-electron chi connectivity index (χ3n) is 2.13. The van der Waals surface area contributed by atoms with Crippen molar-refractivity contribution in [2.75, 3.05) is 0 Å². The molecule has 0 saturated carbocycles. The van der Waals surface area contributed by atoms with Gasteiger partial charge in [-0.1, -0.05) is 18.7 Å².